The van der Waals surface area contributed by atoms with Crippen molar-refractivity contribution >= 4 is 0 Å². The summed E-state index contributed by atoms with van der Waals surface area (Å²) >= 11 is 0. The van der Waals surface area contributed by atoms with Gasteiger partial charge < -0.3 is 4.70 Å². The van der Waals surface area contributed by atoms with E-state index in [0.29, 0.717) is 0 Å². The summed E-state index contributed by atoms with van der Waals surface area (Å²) in [5.74, 6) is -10.0. The molecule has 1 aromatic carbocycles. The van der Waals surface area contributed by atoms with Crippen molar-refractivity contribution in [3.05, 3.63) is 35.2 Å². The number of benzene rings is 1. The van der Waals surface area contributed by atoms with Crippen LogP contribution in [0, 0.1) is 35.2 Å². The van der Waals surface area contributed by atoms with Gasteiger partial charge in [-0.2, -0.15) is 0 Å². The minimum Gasteiger partial charge on any atom is -1.00 e. The SMILES string of the molecule is Fc1[c-]c(F)c(F)c(F)c1F.[F-].[Zn+2]. The Morgan fingerprint density at radius 2 is 1.00 bits per heavy atom. The molecule has 0 saturated heterocycles. The van der Waals surface area contributed by atoms with E-state index in [2.05, 4.69) is 0 Å². The van der Waals surface area contributed by atoms with Crippen molar-refractivity contribution in [3.63, 3.8) is 0 Å². The smallest absolute Gasteiger partial charge is 1.00 e. The van der Waals surface area contributed by atoms with Gasteiger partial charge in [-0.25, -0.2) is 13.2 Å². The Kier molecular flexibility index (Phi) is 5.99. The van der Waals surface area contributed by atoms with E-state index in [4.69, 9.17) is 0 Å². The Morgan fingerprint density at radius 1 is 0.692 bits per heavy atom. The fraction of sp³-hybridized carbons (Fsp3) is 0. The Balaban J connectivity index is 0. The second kappa shape index (κ2) is 5.22. The van der Waals surface area contributed by atoms with E-state index in [0.717, 1.165) is 6.07 Å². The number of hydrogen-bond acceptors (Lipinski definition) is 0. The first-order chi connectivity index (χ1) is 5.04. The van der Waals surface area contributed by atoms with Gasteiger partial charge in [-0.3, -0.25) is 8.78 Å². The summed E-state index contributed by atoms with van der Waals surface area (Å²) in [6.07, 6.45) is 0. The van der Waals surface area contributed by atoms with Gasteiger partial charge in [0.25, 0.3) is 0 Å². The number of rotatable bonds is 0. The summed E-state index contributed by atoms with van der Waals surface area (Å²) in [4.78, 5) is 0. The standard InChI is InChI=1S/C6F5.FH.Zn/c7-2-1-3(8)5(10)6(11)4(2)9;;/h;1H;/q-1;;+2/p-1. The predicted molar refractivity (Wildman–Crippen MR) is 25.1 cm³/mol. The number of halogens is 6. The molecule has 0 saturated carbocycles. The first kappa shape index (κ1) is 14.9. The molecule has 0 aliphatic heterocycles. The predicted octanol–water partition coefficient (Wildman–Crippen LogP) is -0.816. The fourth-order valence-electron chi connectivity index (χ4n) is 0.495. The third-order valence-corrected chi connectivity index (χ3v) is 0.990. The third kappa shape index (κ3) is 2.69. The molecule has 0 unspecified atom stereocenters. The maximum atomic E-state index is 12.0. The molecule has 0 nitrogen and oxygen atoms in total. The third-order valence-electron chi connectivity index (χ3n) is 0.990. The van der Waals surface area contributed by atoms with E-state index in [1.165, 1.54) is 0 Å². The Labute approximate surface area is 81.9 Å². The molecule has 1 aromatic rings. The van der Waals surface area contributed by atoms with Crippen LogP contribution in [0.5, 0.6) is 0 Å². The van der Waals surface area contributed by atoms with Gasteiger partial charge in [0, 0.05) is 0 Å². The van der Waals surface area contributed by atoms with Crippen molar-refractivity contribution in [2.75, 3.05) is 0 Å². The first-order valence-corrected chi connectivity index (χ1v) is 2.44. The van der Waals surface area contributed by atoms with Crippen molar-refractivity contribution in [1.82, 2.24) is 0 Å². The molecule has 0 amide bonds. The van der Waals surface area contributed by atoms with Crippen LogP contribution >= 0.6 is 0 Å². The topological polar surface area (TPSA) is 0 Å². The summed E-state index contributed by atoms with van der Waals surface area (Å²) in [7, 11) is 0. The van der Waals surface area contributed by atoms with E-state index in [1.807, 2.05) is 0 Å². The minimum absolute atomic E-state index is 0. The van der Waals surface area contributed by atoms with Crippen molar-refractivity contribution in [2.24, 2.45) is 0 Å². The largest absolute Gasteiger partial charge is 2.00 e. The Hall–Kier alpha value is -0.577. The fourth-order valence-corrected chi connectivity index (χ4v) is 0.495. The van der Waals surface area contributed by atoms with Crippen LogP contribution in [-0.2, 0) is 19.5 Å². The van der Waals surface area contributed by atoms with Crippen LogP contribution in [0.3, 0.4) is 0 Å². The second-order valence-electron chi connectivity index (χ2n) is 1.69. The molecule has 0 aromatic heterocycles. The van der Waals surface area contributed by atoms with Gasteiger partial charge in [-0.1, -0.05) is 0 Å². The van der Waals surface area contributed by atoms with Crippen LogP contribution in [0.15, 0.2) is 0 Å². The minimum atomic E-state index is -2.17. The van der Waals surface area contributed by atoms with Crippen LogP contribution in [0.4, 0.5) is 22.0 Å². The van der Waals surface area contributed by atoms with Gasteiger partial charge in [0.15, 0.2) is 0 Å². The summed E-state index contributed by atoms with van der Waals surface area (Å²) in [5, 5.41) is 0. The normalized spacial score (nSPS) is 8.69. The number of hydrogen-bond donors (Lipinski definition) is 0. The summed E-state index contributed by atoms with van der Waals surface area (Å²) in [6, 6.07) is 1.02. The summed E-state index contributed by atoms with van der Waals surface area (Å²) in [5.41, 5.74) is 0. The quantitative estimate of drug-likeness (QED) is 0.186. The zero-order valence-electron chi connectivity index (χ0n) is 5.97. The average molecular weight is 251 g/mol. The van der Waals surface area contributed by atoms with Crippen molar-refractivity contribution in [3.8, 4) is 0 Å². The van der Waals surface area contributed by atoms with Crippen molar-refractivity contribution in [2.45, 2.75) is 0 Å². The zero-order valence-corrected chi connectivity index (χ0v) is 8.94. The van der Waals surface area contributed by atoms with E-state index in [9.17, 15) is 22.0 Å². The maximum Gasteiger partial charge on any atom is 2.00 e. The van der Waals surface area contributed by atoms with Crippen LogP contribution in [0.2, 0.25) is 0 Å². The molecule has 0 heterocycles. The molecule has 0 fully saturated rings. The molecule has 0 aliphatic rings. The maximum absolute atomic E-state index is 12.0. The molecule has 0 spiro atoms. The molecular formula is C6F6Zn. The van der Waals surface area contributed by atoms with E-state index >= 15 is 0 Å². The second-order valence-corrected chi connectivity index (χ2v) is 1.69. The molecule has 0 atom stereocenters. The Bertz CT molecular complexity index is 273. The van der Waals surface area contributed by atoms with Crippen LogP contribution in [-0.4, -0.2) is 0 Å². The van der Waals surface area contributed by atoms with Crippen LogP contribution < -0.4 is 4.70 Å². The molecule has 0 radical (unpaired) electrons. The van der Waals surface area contributed by atoms with Crippen molar-refractivity contribution < 1.29 is 46.1 Å². The molecular weight excluding hydrogens is 251 g/mol. The Morgan fingerprint density at radius 3 is 1.31 bits per heavy atom. The van der Waals surface area contributed by atoms with E-state index < -0.39 is 29.1 Å². The molecule has 0 N–H and O–H groups in total. The van der Waals surface area contributed by atoms with Gasteiger partial charge in [0.2, 0.25) is 0 Å². The molecule has 68 valence electrons. The first-order valence-electron chi connectivity index (χ1n) is 2.44. The molecule has 0 aliphatic carbocycles. The van der Waals surface area contributed by atoms with Gasteiger partial charge in [-0.05, 0) is 0 Å². The van der Waals surface area contributed by atoms with Crippen LogP contribution in [0.25, 0.3) is 0 Å². The average Bonchev–Trinajstić information content (AvgIpc) is 1.97. The molecule has 7 heteroatoms. The van der Waals surface area contributed by atoms with Crippen LogP contribution in [0.1, 0.15) is 0 Å². The zero-order chi connectivity index (χ0) is 8.59. The van der Waals surface area contributed by atoms with Crippen molar-refractivity contribution in [1.29, 1.82) is 0 Å². The van der Waals surface area contributed by atoms with Gasteiger partial charge in [-0.15, -0.1) is 6.07 Å². The van der Waals surface area contributed by atoms with Gasteiger partial charge in [0.05, 0.1) is 29.1 Å². The van der Waals surface area contributed by atoms with Gasteiger partial charge in [0.1, 0.15) is 0 Å². The monoisotopic (exact) mass is 250 g/mol. The van der Waals surface area contributed by atoms with E-state index in [-0.39, 0.29) is 24.2 Å². The molecule has 1 rings (SSSR count). The summed E-state index contributed by atoms with van der Waals surface area (Å²) in [6.45, 7) is 0. The molecule has 0 bridgehead atoms. The van der Waals surface area contributed by atoms with Gasteiger partial charge >= 0.3 is 19.5 Å². The van der Waals surface area contributed by atoms with E-state index in [1.54, 1.807) is 0 Å². The summed E-state index contributed by atoms with van der Waals surface area (Å²) < 4.78 is 59.9. The molecule has 13 heavy (non-hydrogen) atoms.